The lowest BCUT2D eigenvalue weighted by Crippen LogP contribution is -2.19. The van der Waals surface area contributed by atoms with Crippen LogP contribution < -0.4 is 9.47 Å². The van der Waals surface area contributed by atoms with Gasteiger partial charge in [-0.3, -0.25) is 0 Å². The monoisotopic (exact) mass is 348 g/mol. The maximum atomic E-state index is 10.3. The lowest BCUT2D eigenvalue weighted by atomic mass is 9.94. The smallest absolute Gasteiger partial charge is 0.127 e. The van der Waals surface area contributed by atoms with Crippen LogP contribution >= 0.6 is 15.9 Å². The maximum Gasteiger partial charge on any atom is 0.127 e. The van der Waals surface area contributed by atoms with Crippen LogP contribution in [0, 0.1) is 6.92 Å². The minimum absolute atomic E-state index is 0.147. The van der Waals surface area contributed by atoms with Crippen molar-refractivity contribution < 1.29 is 14.6 Å². The molecule has 2 aromatic carbocycles. The van der Waals surface area contributed by atoms with E-state index in [1.54, 1.807) is 7.11 Å². The third-order valence-corrected chi connectivity index (χ3v) is 4.33. The van der Waals surface area contributed by atoms with Crippen molar-refractivity contribution >= 4 is 15.9 Å². The Labute approximate surface area is 132 Å². The summed E-state index contributed by atoms with van der Waals surface area (Å²) >= 11 is 3.44. The molecule has 0 saturated heterocycles. The summed E-state index contributed by atoms with van der Waals surface area (Å²) in [4.78, 5) is 0. The molecule has 2 aromatic rings. The Kier molecular flexibility index (Phi) is 3.91. The summed E-state index contributed by atoms with van der Waals surface area (Å²) in [7, 11) is 1.66. The fraction of sp³-hybridized carbons (Fsp3) is 0.294. The molecule has 0 aromatic heterocycles. The zero-order valence-corrected chi connectivity index (χ0v) is 13.6. The summed E-state index contributed by atoms with van der Waals surface area (Å²) in [6, 6.07) is 11.7. The fourth-order valence-electron chi connectivity index (χ4n) is 2.72. The summed E-state index contributed by atoms with van der Waals surface area (Å²) in [6.07, 6.45) is -0.0962. The van der Waals surface area contributed by atoms with Crippen molar-refractivity contribution in [2.75, 3.05) is 7.11 Å². The van der Waals surface area contributed by atoms with E-state index in [1.165, 1.54) is 0 Å². The second-order valence-corrected chi connectivity index (χ2v) is 6.18. The van der Waals surface area contributed by atoms with Gasteiger partial charge in [0.1, 0.15) is 17.6 Å². The molecule has 1 heterocycles. The quantitative estimate of drug-likeness (QED) is 0.877. The van der Waals surface area contributed by atoms with E-state index < -0.39 is 6.10 Å². The maximum absolute atomic E-state index is 10.3. The highest BCUT2D eigenvalue weighted by molar-refractivity contribution is 9.10. The third-order valence-electron chi connectivity index (χ3n) is 3.83. The van der Waals surface area contributed by atoms with E-state index in [0.29, 0.717) is 6.42 Å². The number of aryl methyl sites for hydroxylation is 1. The van der Waals surface area contributed by atoms with E-state index in [-0.39, 0.29) is 6.10 Å². The number of aliphatic hydroxyl groups excluding tert-OH is 1. The molecule has 110 valence electrons. The summed E-state index contributed by atoms with van der Waals surface area (Å²) in [5.74, 6) is 1.60. The Morgan fingerprint density at radius 2 is 2.05 bits per heavy atom. The molecule has 0 radical (unpaired) electrons. The summed E-state index contributed by atoms with van der Waals surface area (Å²) in [6.45, 7) is 2.01. The zero-order chi connectivity index (χ0) is 15.0. The van der Waals surface area contributed by atoms with Gasteiger partial charge >= 0.3 is 0 Å². The lowest BCUT2D eigenvalue weighted by Gasteiger charge is -2.30. The van der Waals surface area contributed by atoms with Crippen LogP contribution in [-0.2, 0) is 0 Å². The molecular formula is C17H17BrO3. The van der Waals surface area contributed by atoms with E-state index in [4.69, 9.17) is 9.47 Å². The Bertz CT molecular complexity index is 669. The zero-order valence-electron chi connectivity index (χ0n) is 12.0. The first kappa shape index (κ1) is 14.4. The van der Waals surface area contributed by atoms with E-state index in [2.05, 4.69) is 22.0 Å². The molecule has 1 unspecified atom stereocenters. The molecule has 0 saturated carbocycles. The van der Waals surface area contributed by atoms with Crippen molar-refractivity contribution in [1.29, 1.82) is 0 Å². The second-order valence-electron chi connectivity index (χ2n) is 5.27. The predicted molar refractivity (Wildman–Crippen MR) is 84.8 cm³/mol. The summed E-state index contributed by atoms with van der Waals surface area (Å²) < 4.78 is 12.3. The first-order chi connectivity index (χ1) is 10.1. The first-order valence-corrected chi connectivity index (χ1v) is 7.66. The van der Waals surface area contributed by atoms with Gasteiger partial charge in [-0.2, -0.15) is 0 Å². The Morgan fingerprint density at radius 1 is 1.24 bits per heavy atom. The van der Waals surface area contributed by atoms with E-state index in [9.17, 15) is 5.11 Å². The molecule has 0 spiro atoms. The number of hydrogen-bond donors (Lipinski definition) is 1. The molecular weight excluding hydrogens is 332 g/mol. The summed E-state index contributed by atoms with van der Waals surface area (Å²) in [5, 5.41) is 10.3. The Hall–Kier alpha value is -1.52. The molecule has 1 N–H and O–H groups in total. The second kappa shape index (κ2) is 5.70. The SMILES string of the molecule is COc1ccc(C2C[C@@H](O)c3ccc(Br)cc3O2)cc1C. The number of rotatable bonds is 2. The van der Waals surface area contributed by atoms with Crippen molar-refractivity contribution in [1.82, 2.24) is 0 Å². The highest BCUT2D eigenvalue weighted by atomic mass is 79.9. The van der Waals surface area contributed by atoms with Gasteiger partial charge in [0.2, 0.25) is 0 Å². The van der Waals surface area contributed by atoms with E-state index >= 15 is 0 Å². The van der Waals surface area contributed by atoms with Gasteiger partial charge in [-0.25, -0.2) is 0 Å². The van der Waals surface area contributed by atoms with Crippen LogP contribution in [0.4, 0.5) is 0 Å². The average Bonchev–Trinajstić information content (AvgIpc) is 2.46. The largest absolute Gasteiger partial charge is 0.496 e. The highest BCUT2D eigenvalue weighted by Gasteiger charge is 2.28. The molecule has 0 fully saturated rings. The normalized spacial score (nSPS) is 20.6. The number of aliphatic hydroxyl groups is 1. The number of methoxy groups -OCH3 is 1. The van der Waals surface area contributed by atoms with E-state index in [1.807, 2.05) is 37.3 Å². The van der Waals surface area contributed by atoms with Gasteiger partial charge in [-0.15, -0.1) is 0 Å². The number of benzene rings is 2. The topological polar surface area (TPSA) is 38.7 Å². The lowest BCUT2D eigenvalue weighted by molar-refractivity contribution is 0.0656. The number of ether oxygens (including phenoxy) is 2. The van der Waals surface area contributed by atoms with Crippen molar-refractivity contribution in [3.8, 4) is 11.5 Å². The van der Waals surface area contributed by atoms with Crippen LogP contribution in [0.1, 0.15) is 35.3 Å². The van der Waals surface area contributed by atoms with Gasteiger partial charge in [0.05, 0.1) is 13.2 Å². The van der Waals surface area contributed by atoms with Crippen molar-refractivity contribution in [2.24, 2.45) is 0 Å². The number of hydrogen-bond acceptors (Lipinski definition) is 3. The molecule has 1 aliphatic heterocycles. The summed E-state index contributed by atoms with van der Waals surface area (Å²) in [5.41, 5.74) is 2.96. The van der Waals surface area contributed by atoms with Gasteiger partial charge in [-0.05, 0) is 42.3 Å². The van der Waals surface area contributed by atoms with Crippen LogP contribution in [0.2, 0.25) is 0 Å². The first-order valence-electron chi connectivity index (χ1n) is 6.87. The van der Waals surface area contributed by atoms with Gasteiger partial charge in [-0.1, -0.05) is 28.1 Å². The van der Waals surface area contributed by atoms with Crippen LogP contribution in [-0.4, -0.2) is 12.2 Å². The minimum atomic E-state index is -0.505. The standard InChI is InChI=1S/C17H17BrO3/c1-10-7-11(3-6-15(10)20-2)16-9-14(19)13-5-4-12(18)8-17(13)21-16/h3-8,14,16,19H,9H2,1-2H3/t14-,16?/m1/s1. The molecule has 3 rings (SSSR count). The van der Waals surface area contributed by atoms with Gasteiger partial charge in [0.25, 0.3) is 0 Å². The number of fused-ring (bicyclic) bond motifs is 1. The minimum Gasteiger partial charge on any atom is -0.496 e. The van der Waals surface area contributed by atoms with Gasteiger partial charge in [0.15, 0.2) is 0 Å². The van der Waals surface area contributed by atoms with Crippen LogP contribution in [0.3, 0.4) is 0 Å². The predicted octanol–water partition coefficient (Wildman–Crippen LogP) is 4.32. The molecule has 3 nitrogen and oxygen atoms in total. The Morgan fingerprint density at radius 3 is 2.76 bits per heavy atom. The highest BCUT2D eigenvalue weighted by Crippen LogP contribution is 2.42. The molecule has 4 heteroatoms. The molecule has 0 amide bonds. The molecule has 2 atom stereocenters. The van der Waals surface area contributed by atoms with Gasteiger partial charge in [0, 0.05) is 16.5 Å². The fourth-order valence-corrected chi connectivity index (χ4v) is 3.06. The third kappa shape index (κ3) is 2.78. The molecule has 21 heavy (non-hydrogen) atoms. The van der Waals surface area contributed by atoms with Crippen molar-refractivity contribution in [3.05, 3.63) is 57.6 Å². The van der Waals surface area contributed by atoms with E-state index in [0.717, 1.165) is 32.7 Å². The van der Waals surface area contributed by atoms with Crippen LogP contribution in [0.25, 0.3) is 0 Å². The van der Waals surface area contributed by atoms with Gasteiger partial charge < -0.3 is 14.6 Å². The molecule has 1 aliphatic rings. The average molecular weight is 349 g/mol. The van der Waals surface area contributed by atoms with Crippen molar-refractivity contribution in [2.45, 2.75) is 25.6 Å². The molecule has 0 bridgehead atoms. The van der Waals surface area contributed by atoms with Crippen LogP contribution in [0.5, 0.6) is 11.5 Å². The number of halogens is 1. The molecule has 0 aliphatic carbocycles. The van der Waals surface area contributed by atoms with Crippen LogP contribution in [0.15, 0.2) is 40.9 Å². The van der Waals surface area contributed by atoms with Crippen molar-refractivity contribution in [3.63, 3.8) is 0 Å². The Balaban J connectivity index is 1.93.